The Bertz CT molecular complexity index is 620. The molecule has 118 valence electrons. The lowest BCUT2D eigenvalue weighted by Gasteiger charge is -2.32. The number of thiazole rings is 1. The van der Waals surface area contributed by atoms with E-state index in [1.165, 1.54) is 12.1 Å². The number of halogens is 1. The summed E-state index contributed by atoms with van der Waals surface area (Å²) in [6, 6.07) is 6.26. The Labute approximate surface area is 133 Å². The zero-order valence-electron chi connectivity index (χ0n) is 12.2. The number of piperidine rings is 1. The molecule has 0 amide bonds. The van der Waals surface area contributed by atoms with Crippen molar-refractivity contribution in [2.75, 3.05) is 24.6 Å². The molecule has 1 aromatic heterocycles. The third kappa shape index (κ3) is 3.75. The molecule has 6 heteroatoms. The fourth-order valence-electron chi connectivity index (χ4n) is 2.66. The zero-order valence-corrected chi connectivity index (χ0v) is 13.1. The molecule has 0 saturated carbocycles. The number of benzene rings is 1. The summed E-state index contributed by atoms with van der Waals surface area (Å²) in [7, 11) is 0. The summed E-state index contributed by atoms with van der Waals surface area (Å²) in [4.78, 5) is 6.66. The van der Waals surface area contributed by atoms with Crippen LogP contribution in [0.5, 0.6) is 5.75 Å². The summed E-state index contributed by atoms with van der Waals surface area (Å²) < 4.78 is 18.8. The summed E-state index contributed by atoms with van der Waals surface area (Å²) in [5, 5.41) is 12.0. The Hall–Kier alpha value is -1.66. The SMILES string of the molecule is OCc1csc(N2CCC[C@@H](COc3cccc(F)c3)C2)n1. The standard InChI is InChI=1S/C16H19FN2O2S/c17-13-4-1-5-15(7-13)21-10-12-3-2-6-19(8-12)16-18-14(9-20)11-22-16/h1,4-5,7,11-12,20H,2-3,6,8-10H2/t12-/m1/s1. The monoisotopic (exact) mass is 322 g/mol. The van der Waals surface area contributed by atoms with Crippen LogP contribution in [0.25, 0.3) is 0 Å². The van der Waals surface area contributed by atoms with Crippen molar-refractivity contribution in [2.24, 2.45) is 5.92 Å². The van der Waals surface area contributed by atoms with Gasteiger partial charge in [0.15, 0.2) is 5.13 Å². The van der Waals surface area contributed by atoms with Gasteiger partial charge in [0, 0.05) is 30.5 Å². The van der Waals surface area contributed by atoms with Crippen molar-refractivity contribution >= 4 is 16.5 Å². The molecule has 1 aliphatic rings. The van der Waals surface area contributed by atoms with Gasteiger partial charge in [-0.3, -0.25) is 0 Å². The lowest BCUT2D eigenvalue weighted by molar-refractivity contribution is 0.228. The average molecular weight is 322 g/mol. The van der Waals surface area contributed by atoms with Crippen LogP contribution in [0, 0.1) is 11.7 Å². The van der Waals surface area contributed by atoms with E-state index in [9.17, 15) is 4.39 Å². The second kappa shape index (κ2) is 7.07. The Balaban J connectivity index is 1.56. The maximum atomic E-state index is 13.1. The molecule has 1 aliphatic heterocycles. The van der Waals surface area contributed by atoms with E-state index in [0.717, 1.165) is 36.8 Å². The van der Waals surface area contributed by atoms with Crippen LogP contribution < -0.4 is 9.64 Å². The molecule has 1 aromatic carbocycles. The minimum Gasteiger partial charge on any atom is -0.493 e. The molecule has 0 radical (unpaired) electrons. The van der Waals surface area contributed by atoms with Crippen LogP contribution in [0.4, 0.5) is 9.52 Å². The van der Waals surface area contributed by atoms with Crippen molar-refractivity contribution in [3.05, 3.63) is 41.2 Å². The summed E-state index contributed by atoms with van der Waals surface area (Å²) in [6.07, 6.45) is 2.19. The Morgan fingerprint density at radius 2 is 2.36 bits per heavy atom. The highest BCUT2D eigenvalue weighted by atomic mass is 32.1. The van der Waals surface area contributed by atoms with Gasteiger partial charge in [-0.05, 0) is 25.0 Å². The largest absolute Gasteiger partial charge is 0.493 e. The van der Waals surface area contributed by atoms with Gasteiger partial charge in [-0.25, -0.2) is 9.37 Å². The highest BCUT2D eigenvalue weighted by Gasteiger charge is 2.22. The van der Waals surface area contributed by atoms with Crippen LogP contribution in [0.15, 0.2) is 29.6 Å². The first-order valence-electron chi connectivity index (χ1n) is 7.43. The number of aliphatic hydroxyl groups is 1. The van der Waals surface area contributed by atoms with Gasteiger partial charge in [-0.1, -0.05) is 6.07 Å². The van der Waals surface area contributed by atoms with Crippen LogP contribution in [-0.4, -0.2) is 29.8 Å². The van der Waals surface area contributed by atoms with E-state index in [1.807, 2.05) is 5.38 Å². The highest BCUT2D eigenvalue weighted by Crippen LogP contribution is 2.27. The highest BCUT2D eigenvalue weighted by molar-refractivity contribution is 7.13. The van der Waals surface area contributed by atoms with E-state index in [2.05, 4.69) is 9.88 Å². The number of ether oxygens (including phenoxy) is 1. The van der Waals surface area contributed by atoms with Crippen LogP contribution >= 0.6 is 11.3 Å². The van der Waals surface area contributed by atoms with Gasteiger partial charge in [-0.15, -0.1) is 11.3 Å². The maximum absolute atomic E-state index is 13.1. The van der Waals surface area contributed by atoms with Gasteiger partial charge in [-0.2, -0.15) is 0 Å². The first kappa shape index (κ1) is 15.2. The maximum Gasteiger partial charge on any atom is 0.185 e. The third-order valence-electron chi connectivity index (χ3n) is 3.77. The van der Waals surface area contributed by atoms with E-state index in [0.29, 0.717) is 18.3 Å². The minimum atomic E-state index is -0.276. The smallest absolute Gasteiger partial charge is 0.185 e. The van der Waals surface area contributed by atoms with Gasteiger partial charge in [0.05, 0.1) is 18.9 Å². The molecule has 2 aromatic rings. The van der Waals surface area contributed by atoms with Gasteiger partial charge >= 0.3 is 0 Å². The van der Waals surface area contributed by atoms with Crippen molar-refractivity contribution in [3.8, 4) is 5.75 Å². The van der Waals surface area contributed by atoms with Crippen molar-refractivity contribution in [2.45, 2.75) is 19.4 Å². The lowest BCUT2D eigenvalue weighted by atomic mass is 9.99. The third-order valence-corrected chi connectivity index (χ3v) is 4.72. The first-order chi connectivity index (χ1) is 10.7. The predicted octanol–water partition coefficient (Wildman–Crippen LogP) is 3.07. The second-order valence-corrected chi connectivity index (χ2v) is 6.34. The second-order valence-electron chi connectivity index (χ2n) is 5.50. The predicted molar refractivity (Wildman–Crippen MR) is 84.9 cm³/mol. The molecule has 0 bridgehead atoms. The normalized spacial score (nSPS) is 18.5. The zero-order chi connectivity index (χ0) is 15.4. The number of aliphatic hydroxyl groups excluding tert-OH is 1. The summed E-state index contributed by atoms with van der Waals surface area (Å²) in [5.41, 5.74) is 0.720. The van der Waals surface area contributed by atoms with E-state index < -0.39 is 0 Å². The van der Waals surface area contributed by atoms with Gasteiger partial charge < -0.3 is 14.7 Å². The number of rotatable bonds is 5. The lowest BCUT2D eigenvalue weighted by Crippen LogP contribution is -2.37. The van der Waals surface area contributed by atoms with Gasteiger partial charge in [0.2, 0.25) is 0 Å². The molecule has 0 aliphatic carbocycles. The Morgan fingerprint density at radius 3 is 3.14 bits per heavy atom. The van der Waals surface area contributed by atoms with Gasteiger partial charge in [0.25, 0.3) is 0 Å². The molecular formula is C16H19FN2O2S. The van der Waals surface area contributed by atoms with E-state index >= 15 is 0 Å². The molecule has 4 nitrogen and oxygen atoms in total. The quantitative estimate of drug-likeness (QED) is 0.919. The summed E-state index contributed by atoms with van der Waals surface area (Å²) >= 11 is 1.56. The first-order valence-corrected chi connectivity index (χ1v) is 8.31. The van der Waals surface area contributed by atoms with Crippen LogP contribution in [0.3, 0.4) is 0 Å². The van der Waals surface area contributed by atoms with Crippen LogP contribution in [0.2, 0.25) is 0 Å². The molecular weight excluding hydrogens is 303 g/mol. The average Bonchev–Trinajstić information content (AvgIpc) is 3.02. The molecule has 3 rings (SSSR count). The molecule has 1 atom stereocenters. The van der Waals surface area contributed by atoms with Crippen LogP contribution in [0.1, 0.15) is 18.5 Å². The Kier molecular flexibility index (Phi) is 4.90. The summed E-state index contributed by atoms with van der Waals surface area (Å²) in [5.74, 6) is 0.703. The fraction of sp³-hybridized carbons (Fsp3) is 0.438. The molecule has 22 heavy (non-hydrogen) atoms. The summed E-state index contributed by atoms with van der Waals surface area (Å²) in [6.45, 7) is 2.43. The van der Waals surface area contributed by atoms with E-state index in [-0.39, 0.29) is 12.4 Å². The number of hydrogen-bond acceptors (Lipinski definition) is 5. The molecule has 1 saturated heterocycles. The molecule has 0 unspecified atom stereocenters. The topological polar surface area (TPSA) is 45.6 Å². The van der Waals surface area contributed by atoms with Gasteiger partial charge in [0.1, 0.15) is 11.6 Å². The van der Waals surface area contributed by atoms with Crippen molar-refractivity contribution in [1.82, 2.24) is 4.98 Å². The van der Waals surface area contributed by atoms with Crippen LogP contribution in [-0.2, 0) is 6.61 Å². The van der Waals surface area contributed by atoms with E-state index in [1.54, 1.807) is 23.5 Å². The van der Waals surface area contributed by atoms with Crippen molar-refractivity contribution in [1.29, 1.82) is 0 Å². The molecule has 1 N–H and O–H groups in total. The Morgan fingerprint density at radius 1 is 1.45 bits per heavy atom. The molecule has 2 heterocycles. The number of aromatic nitrogens is 1. The molecule has 1 fully saturated rings. The fourth-order valence-corrected chi connectivity index (χ4v) is 3.51. The number of nitrogens with zero attached hydrogens (tertiary/aromatic N) is 2. The van der Waals surface area contributed by atoms with E-state index in [4.69, 9.17) is 9.84 Å². The minimum absolute atomic E-state index is 0.0174. The van der Waals surface area contributed by atoms with Crippen molar-refractivity contribution in [3.63, 3.8) is 0 Å². The number of anilines is 1. The number of hydrogen-bond donors (Lipinski definition) is 1. The molecule has 0 spiro atoms. The van der Waals surface area contributed by atoms with Crippen molar-refractivity contribution < 1.29 is 14.2 Å².